The Balaban J connectivity index is 1.80. The van der Waals surface area contributed by atoms with Crippen molar-refractivity contribution in [1.29, 1.82) is 0 Å². The average Bonchev–Trinajstić information content (AvgIpc) is 3.38. The highest BCUT2D eigenvalue weighted by atomic mass is 32.1. The number of Topliss-reactive ketones (excluding diaryl/α,β-unsaturated/α-hetero) is 1. The third-order valence-corrected chi connectivity index (χ3v) is 6.33. The van der Waals surface area contributed by atoms with Gasteiger partial charge in [0.2, 0.25) is 0 Å². The van der Waals surface area contributed by atoms with Crippen LogP contribution in [0.5, 0.6) is 0 Å². The highest BCUT2D eigenvalue weighted by Gasteiger charge is 2.39. The van der Waals surface area contributed by atoms with E-state index >= 15 is 0 Å². The molecule has 4 rings (SSSR count). The van der Waals surface area contributed by atoms with Crippen molar-refractivity contribution in [3.8, 4) is 11.1 Å². The Hall–Kier alpha value is -2.92. The molecule has 1 aliphatic rings. The Kier molecular flexibility index (Phi) is 5.01. The number of carbonyl (C=O) groups excluding carboxylic acids is 2. The molecule has 0 saturated heterocycles. The molecule has 1 atom stereocenters. The molecule has 0 saturated carbocycles. The Morgan fingerprint density at radius 2 is 1.61 bits per heavy atom. The van der Waals surface area contributed by atoms with Crippen LogP contribution in [0.4, 0.5) is 4.79 Å². The predicted molar refractivity (Wildman–Crippen MR) is 111 cm³/mol. The molecule has 3 aromatic rings. The average molecular weight is 391 g/mol. The summed E-state index contributed by atoms with van der Waals surface area (Å²) in [5.74, 6) is -0.0435. The van der Waals surface area contributed by atoms with Crippen molar-refractivity contribution in [2.75, 3.05) is 14.2 Å². The number of hydrogen-bond donors (Lipinski definition) is 0. The molecule has 1 aromatic heterocycles. The van der Waals surface area contributed by atoms with Crippen LogP contribution in [-0.4, -0.2) is 37.0 Å². The van der Waals surface area contributed by atoms with Gasteiger partial charge in [0.1, 0.15) is 0 Å². The molecule has 2 aromatic carbocycles. The molecule has 1 amide bonds. The number of thiophene rings is 1. The van der Waals surface area contributed by atoms with Gasteiger partial charge in [0.15, 0.2) is 5.78 Å². The van der Waals surface area contributed by atoms with Crippen molar-refractivity contribution in [3.05, 3.63) is 82.0 Å². The van der Waals surface area contributed by atoms with E-state index in [0.29, 0.717) is 4.88 Å². The zero-order valence-electron chi connectivity index (χ0n) is 15.8. The third-order valence-electron chi connectivity index (χ3n) is 5.42. The Morgan fingerprint density at radius 3 is 2.14 bits per heavy atom. The van der Waals surface area contributed by atoms with E-state index in [1.165, 1.54) is 18.4 Å². The van der Waals surface area contributed by atoms with E-state index in [0.717, 1.165) is 22.3 Å². The van der Waals surface area contributed by atoms with Crippen LogP contribution < -0.4 is 0 Å². The normalized spacial score (nSPS) is 13.5. The lowest BCUT2D eigenvalue weighted by molar-refractivity contribution is 0.0889. The number of likely N-dealkylation sites (N-methyl/N-ethyl adjacent to an activating group) is 1. The summed E-state index contributed by atoms with van der Waals surface area (Å²) in [6, 6.07) is 19.8. The summed E-state index contributed by atoms with van der Waals surface area (Å²) in [5.41, 5.74) is 4.61. The molecule has 28 heavy (non-hydrogen) atoms. The first-order valence-corrected chi connectivity index (χ1v) is 10.1. The number of nitrogens with zero attached hydrogens (tertiary/aromatic N) is 1. The maximum absolute atomic E-state index is 12.9. The van der Waals surface area contributed by atoms with Crippen LogP contribution in [0.25, 0.3) is 11.1 Å². The van der Waals surface area contributed by atoms with E-state index in [2.05, 4.69) is 24.3 Å². The van der Waals surface area contributed by atoms with E-state index < -0.39 is 6.09 Å². The van der Waals surface area contributed by atoms with Crippen LogP contribution in [0, 0.1) is 0 Å². The highest BCUT2D eigenvalue weighted by molar-refractivity contribution is 7.12. The van der Waals surface area contributed by atoms with E-state index in [1.807, 2.05) is 41.8 Å². The fourth-order valence-corrected chi connectivity index (χ4v) is 4.77. The molecule has 0 fully saturated rings. The molecule has 1 aliphatic carbocycles. The van der Waals surface area contributed by atoms with Gasteiger partial charge in [-0.1, -0.05) is 54.6 Å². The lowest BCUT2D eigenvalue weighted by Gasteiger charge is -2.32. The van der Waals surface area contributed by atoms with Gasteiger partial charge in [-0.3, -0.25) is 4.79 Å². The lowest BCUT2D eigenvalue weighted by atomic mass is 9.85. The van der Waals surface area contributed by atoms with Crippen molar-refractivity contribution < 1.29 is 14.3 Å². The van der Waals surface area contributed by atoms with Gasteiger partial charge in [-0.15, -0.1) is 11.3 Å². The monoisotopic (exact) mass is 391 g/mol. The first kappa shape index (κ1) is 18.4. The first-order chi connectivity index (χ1) is 13.6. The van der Waals surface area contributed by atoms with Crippen LogP contribution >= 0.6 is 11.3 Å². The minimum absolute atomic E-state index is 0.0395. The van der Waals surface area contributed by atoms with Crippen molar-refractivity contribution in [3.63, 3.8) is 0 Å². The van der Waals surface area contributed by atoms with Crippen molar-refractivity contribution in [2.24, 2.45) is 0 Å². The third kappa shape index (κ3) is 3.12. The van der Waals surface area contributed by atoms with Gasteiger partial charge < -0.3 is 9.64 Å². The van der Waals surface area contributed by atoms with Crippen LogP contribution in [-0.2, 0) is 4.74 Å². The molecule has 0 aliphatic heterocycles. The number of fused-ring (bicyclic) bond motifs is 3. The minimum Gasteiger partial charge on any atom is -0.453 e. The molecule has 0 N–H and O–H groups in total. The summed E-state index contributed by atoms with van der Waals surface area (Å²) in [5, 5.41) is 1.90. The largest absolute Gasteiger partial charge is 0.453 e. The maximum Gasteiger partial charge on any atom is 0.409 e. The van der Waals surface area contributed by atoms with Crippen molar-refractivity contribution in [2.45, 2.75) is 18.4 Å². The fraction of sp³-hybridized carbons (Fsp3) is 0.217. The Morgan fingerprint density at radius 1 is 1.00 bits per heavy atom. The molecule has 5 heteroatoms. The lowest BCUT2D eigenvalue weighted by Crippen LogP contribution is -2.42. The second-order valence-electron chi connectivity index (χ2n) is 6.91. The van der Waals surface area contributed by atoms with Gasteiger partial charge in [0.05, 0.1) is 18.0 Å². The SMILES string of the molecule is COC(=O)N(C)C(CC(=O)c1cccs1)C1c2ccccc2-c2ccccc21. The second-order valence-corrected chi connectivity index (χ2v) is 7.85. The van der Waals surface area contributed by atoms with Crippen LogP contribution in [0.15, 0.2) is 66.0 Å². The van der Waals surface area contributed by atoms with E-state index in [4.69, 9.17) is 4.74 Å². The summed E-state index contributed by atoms with van der Waals surface area (Å²) in [4.78, 5) is 27.6. The summed E-state index contributed by atoms with van der Waals surface area (Å²) >= 11 is 1.43. The molecule has 0 radical (unpaired) electrons. The molecule has 4 nitrogen and oxygen atoms in total. The number of hydrogen-bond acceptors (Lipinski definition) is 4. The Bertz CT molecular complexity index is 967. The molecule has 142 valence electrons. The highest BCUT2D eigenvalue weighted by Crippen LogP contribution is 2.48. The number of ether oxygens (including phenoxy) is 1. The molecule has 0 spiro atoms. The molecular formula is C23H21NO3S. The van der Waals surface area contributed by atoms with Gasteiger partial charge in [0, 0.05) is 19.4 Å². The second kappa shape index (κ2) is 7.60. The number of amides is 1. The van der Waals surface area contributed by atoms with Crippen molar-refractivity contribution in [1.82, 2.24) is 4.90 Å². The van der Waals surface area contributed by atoms with Crippen molar-refractivity contribution >= 4 is 23.2 Å². The summed E-state index contributed by atoms with van der Waals surface area (Å²) in [7, 11) is 3.08. The zero-order chi connectivity index (χ0) is 19.7. The van der Waals surface area contributed by atoms with Crippen LogP contribution in [0.3, 0.4) is 0 Å². The van der Waals surface area contributed by atoms with Crippen LogP contribution in [0.2, 0.25) is 0 Å². The fourth-order valence-electron chi connectivity index (χ4n) is 4.09. The van der Waals surface area contributed by atoms with Gasteiger partial charge in [-0.25, -0.2) is 4.79 Å². The standard InChI is InChI=1S/C23H21NO3S/c1-24(23(26)27-2)19(14-20(25)21-12-7-13-28-21)22-17-10-5-3-8-15(17)16-9-4-6-11-18(16)22/h3-13,19,22H,14H2,1-2H3. The van der Waals surface area contributed by atoms with Gasteiger partial charge in [-0.05, 0) is 33.7 Å². The number of carbonyl (C=O) groups is 2. The first-order valence-electron chi connectivity index (χ1n) is 9.17. The maximum atomic E-state index is 12.9. The molecule has 1 heterocycles. The summed E-state index contributed by atoms with van der Waals surface area (Å²) in [6.07, 6.45) is -0.203. The van der Waals surface area contributed by atoms with Gasteiger partial charge in [-0.2, -0.15) is 0 Å². The smallest absolute Gasteiger partial charge is 0.409 e. The number of ketones is 1. The summed E-state index contributed by atoms with van der Waals surface area (Å²) in [6.45, 7) is 0. The topological polar surface area (TPSA) is 46.6 Å². The minimum atomic E-state index is -0.439. The molecule has 1 unspecified atom stereocenters. The quantitative estimate of drug-likeness (QED) is 0.562. The molecular weight excluding hydrogens is 370 g/mol. The molecule has 0 bridgehead atoms. The Labute approximate surface area is 168 Å². The van der Waals surface area contributed by atoms with E-state index in [9.17, 15) is 9.59 Å². The van der Waals surface area contributed by atoms with Gasteiger partial charge in [0.25, 0.3) is 0 Å². The van der Waals surface area contributed by atoms with Crippen LogP contribution in [0.1, 0.15) is 33.1 Å². The zero-order valence-corrected chi connectivity index (χ0v) is 16.6. The predicted octanol–water partition coefficient (Wildman–Crippen LogP) is 5.20. The van der Waals surface area contributed by atoms with E-state index in [-0.39, 0.29) is 24.2 Å². The number of benzene rings is 2. The van der Waals surface area contributed by atoms with E-state index in [1.54, 1.807) is 11.9 Å². The van der Waals surface area contributed by atoms with Gasteiger partial charge >= 0.3 is 6.09 Å². The number of methoxy groups -OCH3 is 1. The number of rotatable bonds is 5. The summed E-state index contributed by atoms with van der Waals surface area (Å²) < 4.78 is 4.98.